The van der Waals surface area contributed by atoms with Crippen molar-refractivity contribution in [3.63, 3.8) is 0 Å². The van der Waals surface area contributed by atoms with Gasteiger partial charge >= 0.3 is 11.9 Å². The van der Waals surface area contributed by atoms with Crippen LogP contribution < -0.4 is 5.11 Å². The van der Waals surface area contributed by atoms with Crippen LogP contribution in [0.25, 0.3) is 0 Å². The van der Waals surface area contributed by atoms with Crippen molar-refractivity contribution in [3.8, 4) is 0 Å². The van der Waals surface area contributed by atoms with E-state index >= 15 is 0 Å². The fourth-order valence-electron chi connectivity index (χ4n) is 4.97. The van der Waals surface area contributed by atoms with Crippen LogP contribution in [0.3, 0.4) is 0 Å². The Morgan fingerprint density at radius 3 is 1.52 bits per heavy atom. The fourth-order valence-corrected chi connectivity index (χ4v) is 4.97. The molecule has 0 N–H and O–H groups in total. The standard InChI is InChI=1S/C44H71NO7/c1-6-8-10-12-14-16-18-19-20-21-22-23-25-27-29-31-33-35-43(47)52-40(38-50-37-36-41(44(48)49)45(3,4)5)39-51-42(46)34-32-30-28-26-24-17-15-13-11-9-7-2/h9,11,14-17,19-20,22-23,26-29,40-41H,6-8,10,12-13,18,21,24-25,30-39H2,1-5H3/b11-9+,16-14+,17-15+,20-19+,23-22+,28-26+,29-27+. The van der Waals surface area contributed by atoms with Crippen LogP contribution in [0.2, 0.25) is 0 Å². The largest absolute Gasteiger partial charge is 0.544 e. The van der Waals surface area contributed by atoms with Crippen LogP contribution in [0, 0.1) is 0 Å². The van der Waals surface area contributed by atoms with Gasteiger partial charge in [-0.25, -0.2) is 0 Å². The summed E-state index contributed by atoms with van der Waals surface area (Å²) in [4.78, 5) is 36.6. The molecule has 0 aliphatic carbocycles. The van der Waals surface area contributed by atoms with Crippen LogP contribution in [-0.4, -0.2) is 75.5 Å². The first-order chi connectivity index (χ1) is 25.1. The second-order valence-electron chi connectivity index (χ2n) is 13.8. The van der Waals surface area contributed by atoms with Crippen LogP contribution in [0.4, 0.5) is 0 Å². The Labute approximate surface area is 316 Å². The predicted molar refractivity (Wildman–Crippen MR) is 212 cm³/mol. The zero-order valence-electron chi connectivity index (χ0n) is 33.2. The highest BCUT2D eigenvalue weighted by atomic mass is 16.6. The number of likely N-dealkylation sites (N-methyl/N-ethyl adjacent to an activating group) is 1. The Bertz CT molecular complexity index is 1120. The average molecular weight is 726 g/mol. The molecule has 2 atom stereocenters. The number of carboxylic acid groups (broad SMARTS) is 1. The number of unbranched alkanes of at least 4 members (excludes halogenated alkanes) is 5. The molecular formula is C44H71NO7. The van der Waals surface area contributed by atoms with Crippen LogP contribution in [-0.2, 0) is 28.6 Å². The number of nitrogens with zero attached hydrogens (tertiary/aromatic N) is 1. The smallest absolute Gasteiger partial charge is 0.306 e. The van der Waals surface area contributed by atoms with Crippen LogP contribution >= 0.6 is 0 Å². The van der Waals surface area contributed by atoms with Crippen LogP contribution in [0.5, 0.6) is 0 Å². The minimum Gasteiger partial charge on any atom is -0.544 e. The van der Waals surface area contributed by atoms with Crippen molar-refractivity contribution in [1.29, 1.82) is 0 Å². The quantitative estimate of drug-likeness (QED) is 0.0288. The van der Waals surface area contributed by atoms with E-state index in [4.69, 9.17) is 14.2 Å². The second-order valence-corrected chi connectivity index (χ2v) is 13.8. The Morgan fingerprint density at radius 2 is 1.06 bits per heavy atom. The van der Waals surface area contributed by atoms with Crippen LogP contribution in [0.15, 0.2) is 85.1 Å². The number of aliphatic carboxylic acids is 1. The Morgan fingerprint density at radius 1 is 0.596 bits per heavy atom. The highest BCUT2D eigenvalue weighted by molar-refractivity contribution is 5.70. The van der Waals surface area contributed by atoms with Gasteiger partial charge < -0.3 is 28.6 Å². The summed E-state index contributed by atoms with van der Waals surface area (Å²) in [5.41, 5.74) is 0. The molecule has 0 saturated carbocycles. The number of rotatable bonds is 33. The van der Waals surface area contributed by atoms with Gasteiger partial charge in [-0.1, -0.05) is 112 Å². The van der Waals surface area contributed by atoms with Gasteiger partial charge in [0.2, 0.25) is 0 Å². The molecular weight excluding hydrogens is 654 g/mol. The minimum absolute atomic E-state index is 0.00239. The third-order valence-electron chi connectivity index (χ3n) is 8.02. The second kappa shape index (κ2) is 34.6. The monoisotopic (exact) mass is 726 g/mol. The number of hydrogen-bond donors (Lipinski definition) is 0. The Balaban J connectivity index is 4.59. The molecule has 294 valence electrons. The van der Waals surface area contributed by atoms with E-state index in [1.807, 2.05) is 0 Å². The van der Waals surface area contributed by atoms with E-state index in [1.54, 1.807) is 21.1 Å². The summed E-state index contributed by atoms with van der Waals surface area (Å²) >= 11 is 0. The predicted octanol–water partition coefficient (Wildman–Crippen LogP) is 8.85. The van der Waals surface area contributed by atoms with E-state index < -0.39 is 18.1 Å². The Kier molecular flexibility index (Phi) is 32.3. The summed E-state index contributed by atoms with van der Waals surface area (Å²) in [6.07, 6.45) is 43.4. The maximum absolute atomic E-state index is 12.6. The molecule has 8 nitrogen and oxygen atoms in total. The third kappa shape index (κ3) is 32.4. The summed E-state index contributed by atoms with van der Waals surface area (Å²) in [5.74, 6) is -1.90. The van der Waals surface area contributed by atoms with Crippen LogP contribution in [0.1, 0.15) is 123 Å². The van der Waals surface area contributed by atoms with E-state index in [-0.39, 0.29) is 55.5 Å². The molecule has 0 fully saturated rings. The summed E-state index contributed by atoms with van der Waals surface area (Å²) in [6.45, 7) is 4.36. The molecule has 0 aliphatic heterocycles. The summed E-state index contributed by atoms with van der Waals surface area (Å²) < 4.78 is 17.0. The number of carbonyl (C=O) groups excluding carboxylic acids is 3. The third-order valence-corrected chi connectivity index (χ3v) is 8.02. The number of carboxylic acids is 1. The van der Waals surface area contributed by atoms with Gasteiger partial charge in [0.1, 0.15) is 12.6 Å². The minimum atomic E-state index is -1.15. The zero-order valence-corrected chi connectivity index (χ0v) is 33.2. The summed E-state index contributed by atoms with van der Waals surface area (Å²) in [5, 5.41) is 11.6. The number of ether oxygens (including phenoxy) is 3. The molecule has 52 heavy (non-hydrogen) atoms. The molecule has 0 heterocycles. The van der Waals surface area contributed by atoms with Crippen molar-refractivity contribution < 1.29 is 38.2 Å². The molecule has 0 bridgehead atoms. The summed E-state index contributed by atoms with van der Waals surface area (Å²) in [6, 6.07) is -0.746. The number of hydrogen-bond acceptors (Lipinski definition) is 7. The number of esters is 2. The van der Waals surface area contributed by atoms with Crippen molar-refractivity contribution in [2.45, 2.75) is 135 Å². The molecule has 2 unspecified atom stereocenters. The highest BCUT2D eigenvalue weighted by Gasteiger charge is 2.25. The first-order valence-corrected chi connectivity index (χ1v) is 19.6. The van der Waals surface area contributed by atoms with Gasteiger partial charge in [-0.2, -0.15) is 0 Å². The molecule has 0 amide bonds. The van der Waals surface area contributed by atoms with E-state index in [0.29, 0.717) is 12.8 Å². The molecule has 0 aromatic heterocycles. The van der Waals surface area contributed by atoms with Crippen molar-refractivity contribution in [2.24, 2.45) is 0 Å². The molecule has 8 heteroatoms. The summed E-state index contributed by atoms with van der Waals surface area (Å²) in [7, 11) is 5.35. The molecule has 0 aromatic carbocycles. The van der Waals surface area contributed by atoms with Gasteiger partial charge in [-0.3, -0.25) is 9.59 Å². The van der Waals surface area contributed by atoms with E-state index in [1.165, 1.54) is 25.7 Å². The average Bonchev–Trinajstić information content (AvgIpc) is 3.09. The van der Waals surface area contributed by atoms with Gasteiger partial charge in [0.05, 0.1) is 40.3 Å². The maximum Gasteiger partial charge on any atom is 0.306 e. The number of carbonyl (C=O) groups is 3. The maximum atomic E-state index is 12.6. The highest BCUT2D eigenvalue weighted by Crippen LogP contribution is 2.10. The SMILES string of the molecule is CC/C=C/C/C=C/C/C=C/CCCC(=O)OCC(COCCC(C(=O)[O-])[N+](C)(C)C)OC(=O)CCC/C=C/C/C=C/C/C=C/C/C=C/CCCCC. The van der Waals surface area contributed by atoms with E-state index in [0.717, 1.165) is 51.4 Å². The van der Waals surface area contributed by atoms with Gasteiger partial charge in [-0.05, 0) is 77.0 Å². The zero-order chi connectivity index (χ0) is 38.5. The molecule has 0 spiro atoms. The first kappa shape index (κ1) is 48.5. The first-order valence-electron chi connectivity index (χ1n) is 19.6. The molecule has 0 rings (SSSR count). The molecule has 0 aliphatic rings. The van der Waals surface area contributed by atoms with Gasteiger partial charge in [0, 0.05) is 19.3 Å². The molecule has 0 saturated heterocycles. The lowest BCUT2D eigenvalue weighted by Crippen LogP contribution is -2.55. The normalized spacial score (nSPS) is 13.9. The van der Waals surface area contributed by atoms with E-state index in [9.17, 15) is 19.5 Å². The lowest BCUT2D eigenvalue weighted by Gasteiger charge is -2.34. The number of quaternary nitrogens is 1. The van der Waals surface area contributed by atoms with Gasteiger partial charge in [-0.15, -0.1) is 0 Å². The lowest BCUT2D eigenvalue weighted by atomic mass is 10.1. The topological polar surface area (TPSA) is 102 Å². The van der Waals surface area contributed by atoms with Crippen molar-refractivity contribution >= 4 is 17.9 Å². The van der Waals surface area contributed by atoms with Gasteiger partial charge in [0.25, 0.3) is 0 Å². The Hall–Kier alpha value is -3.49. The molecule has 0 aromatic rings. The lowest BCUT2D eigenvalue weighted by molar-refractivity contribution is -0.889. The number of allylic oxidation sites excluding steroid dienone is 14. The van der Waals surface area contributed by atoms with Crippen molar-refractivity contribution in [3.05, 3.63) is 85.1 Å². The fraction of sp³-hybridized carbons (Fsp3) is 0.614. The van der Waals surface area contributed by atoms with Crippen molar-refractivity contribution in [2.75, 3.05) is 41.0 Å². The van der Waals surface area contributed by atoms with Gasteiger partial charge in [0.15, 0.2) is 6.10 Å². The molecule has 0 radical (unpaired) electrons. The van der Waals surface area contributed by atoms with Crippen molar-refractivity contribution in [1.82, 2.24) is 0 Å². The van der Waals surface area contributed by atoms with E-state index in [2.05, 4.69) is 98.9 Å².